The van der Waals surface area contributed by atoms with Crippen LogP contribution in [0.25, 0.3) is 11.0 Å². The molecule has 4 nitrogen and oxygen atoms in total. The first-order valence-electron chi connectivity index (χ1n) is 9.43. The molecule has 7 heteroatoms. The monoisotopic (exact) mass is 457 g/mol. The molecule has 0 fully saturated rings. The van der Waals surface area contributed by atoms with Crippen LogP contribution in [0.3, 0.4) is 0 Å². The number of halogens is 3. The molecule has 3 aromatic carbocycles. The van der Waals surface area contributed by atoms with Gasteiger partial charge in [-0.25, -0.2) is 4.98 Å². The fourth-order valence-corrected chi connectivity index (χ4v) is 3.90. The fourth-order valence-electron chi connectivity index (χ4n) is 3.30. The molecule has 0 bridgehead atoms. The maximum atomic E-state index is 12.4. The van der Waals surface area contributed by atoms with E-state index < -0.39 is 0 Å². The SMILES string of the molecule is O=C(NCCc1nc2ccccc2n1Cc1ccc(Cl)cc1Cl)c1ccc(Cl)cc1. The largest absolute Gasteiger partial charge is 0.352 e. The van der Waals surface area contributed by atoms with E-state index in [0.717, 1.165) is 22.4 Å². The van der Waals surface area contributed by atoms with Gasteiger partial charge in [0.15, 0.2) is 0 Å². The highest BCUT2D eigenvalue weighted by atomic mass is 35.5. The molecule has 0 aliphatic heterocycles. The molecule has 152 valence electrons. The summed E-state index contributed by atoms with van der Waals surface area (Å²) in [5.74, 6) is 0.730. The van der Waals surface area contributed by atoms with Crippen molar-refractivity contribution >= 4 is 51.7 Å². The summed E-state index contributed by atoms with van der Waals surface area (Å²) < 4.78 is 2.12. The molecule has 1 heterocycles. The van der Waals surface area contributed by atoms with Gasteiger partial charge in [-0.2, -0.15) is 0 Å². The van der Waals surface area contributed by atoms with Gasteiger partial charge in [-0.1, -0.05) is 53.0 Å². The normalized spacial score (nSPS) is 11.0. The van der Waals surface area contributed by atoms with E-state index in [9.17, 15) is 4.79 Å². The molecule has 30 heavy (non-hydrogen) atoms. The van der Waals surface area contributed by atoms with E-state index in [0.29, 0.717) is 40.1 Å². The lowest BCUT2D eigenvalue weighted by Crippen LogP contribution is -2.26. The van der Waals surface area contributed by atoms with Crippen molar-refractivity contribution < 1.29 is 4.79 Å². The third-order valence-electron chi connectivity index (χ3n) is 4.82. The first-order valence-corrected chi connectivity index (χ1v) is 10.6. The van der Waals surface area contributed by atoms with Crippen LogP contribution in [0.5, 0.6) is 0 Å². The summed E-state index contributed by atoms with van der Waals surface area (Å²) >= 11 is 18.3. The number of para-hydroxylation sites is 2. The summed E-state index contributed by atoms with van der Waals surface area (Å²) in [6.07, 6.45) is 0.583. The van der Waals surface area contributed by atoms with Crippen molar-refractivity contribution in [2.24, 2.45) is 0 Å². The molecule has 1 aromatic heterocycles. The van der Waals surface area contributed by atoms with Crippen LogP contribution in [0.4, 0.5) is 0 Å². The topological polar surface area (TPSA) is 46.9 Å². The van der Waals surface area contributed by atoms with Crippen molar-refractivity contribution in [2.75, 3.05) is 6.54 Å². The Balaban J connectivity index is 1.54. The number of amides is 1. The Kier molecular flexibility index (Phi) is 6.28. The van der Waals surface area contributed by atoms with Gasteiger partial charge in [-0.3, -0.25) is 4.79 Å². The van der Waals surface area contributed by atoms with Crippen molar-refractivity contribution in [2.45, 2.75) is 13.0 Å². The third kappa shape index (κ3) is 4.62. The van der Waals surface area contributed by atoms with E-state index in [1.165, 1.54) is 0 Å². The molecular weight excluding hydrogens is 441 g/mol. The second-order valence-corrected chi connectivity index (χ2v) is 8.13. The molecule has 4 rings (SSSR count). The Morgan fingerprint density at radius 3 is 2.43 bits per heavy atom. The summed E-state index contributed by atoms with van der Waals surface area (Å²) in [4.78, 5) is 17.1. The van der Waals surface area contributed by atoms with E-state index in [4.69, 9.17) is 39.8 Å². The molecule has 0 atom stereocenters. The van der Waals surface area contributed by atoms with Crippen molar-refractivity contribution in [1.82, 2.24) is 14.9 Å². The zero-order valence-corrected chi connectivity index (χ0v) is 18.2. The Labute approximate surface area is 189 Å². The third-order valence-corrected chi connectivity index (χ3v) is 5.66. The second kappa shape index (κ2) is 9.09. The van der Waals surface area contributed by atoms with Crippen molar-refractivity contribution in [3.05, 3.63) is 98.7 Å². The zero-order chi connectivity index (χ0) is 21.1. The zero-order valence-electron chi connectivity index (χ0n) is 15.9. The molecule has 1 N–H and O–H groups in total. The average Bonchev–Trinajstić information content (AvgIpc) is 3.08. The predicted octanol–water partition coefficient (Wildman–Crippen LogP) is 6.02. The standard InChI is InChI=1S/C23H18Cl3N3O/c24-17-8-5-15(6-9-17)23(30)27-12-11-22-28-20-3-1-2-4-21(20)29(22)14-16-7-10-18(25)13-19(16)26/h1-10,13H,11-12,14H2,(H,27,30). The van der Waals surface area contributed by atoms with Crippen molar-refractivity contribution in [1.29, 1.82) is 0 Å². The average molecular weight is 459 g/mol. The van der Waals surface area contributed by atoms with Crippen LogP contribution in [0.1, 0.15) is 21.7 Å². The molecule has 0 radical (unpaired) electrons. The highest BCUT2D eigenvalue weighted by Gasteiger charge is 2.13. The number of hydrogen-bond donors (Lipinski definition) is 1. The van der Waals surface area contributed by atoms with Crippen LogP contribution >= 0.6 is 34.8 Å². The number of hydrogen-bond acceptors (Lipinski definition) is 2. The van der Waals surface area contributed by atoms with E-state index in [2.05, 4.69) is 9.88 Å². The number of imidazole rings is 1. The molecule has 0 saturated carbocycles. The van der Waals surface area contributed by atoms with Gasteiger partial charge in [0.25, 0.3) is 5.91 Å². The van der Waals surface area contributed by atoms with Gasteiger partial charge in [0.1, 0.15) is 5.82 Å². The quantitative estimate of drug-likeness (QED) is 0.384. The van der Waals surface area contributed by atoms with Gasteiger partial charge in [-0.15, -0.1) is 0 Å². The highest BCUT2D eigenvalue weighted by molar-refractivity contribution is 6.35. The number of fused-ring (bicyclic) bond motifs is 1. The fraction of sp³-hybridized carbons (Fsp3) is 0.130. The van der Waals surface area contributed by atoms with Gasteiger partial charge in [-0.05, 0) is 54.1 Å². The predicted molar refractivity (Wildman–Crippen MR) is 123 cm³/mol. The van der Waals surface area contributed by atoms with E-state index in [1.54, 1.807) is 30.3 Å². The van der Waals surface area contributed by atoms with Crippen molar-refractivity contribution in [3.63, 3.8) is 0 Å². The summed E-state index contributed by atoms with van der Waals surface area (Å²) in [7, 11) is 0. The second-order valence-electron chi connectivity index (χ2n) is 6.85. The minimum atomic E-state index is -0.143. The summed E-state index contributed by atoms with van der Waals surface area (Å²) in [6, 6.07) is 20.2. The number of aromatic nitrogens is 2. The number of nitrogens with zero attached hydrogens (tertiary/aromatic N) is 2. The molecule has 0 unspecified atom stereocenters. The molecule has 0 spiro atoms. The van der Waals surface area contributed by atoms with Gasteiger partial charge >= 0.3 is 0 Å². The van der Waals surface area contributed by atoms with Crippen LogP contribution in [-0.2, 0) is 13.0 Å². The van der Waals surface area contributed by atoms with Gasteiger partial charge in [0.05, 0.1) is 17.6 Å². The number of carbonyl (C=O) groups excluding carboxylic acids is 1. The summed E-state index contributed by atoms with van der Waals surface area (Å²) in [5.41, 5.74) is 3.45. The molecule has 1 amide bonds. The number of rotatable bonds is 6. The lowest BCUT2D eigenvalue weighted by molar-refractivity contribution is 0.0954. The van der Waals surface area contributed by atoms with Crippen molar-refractivity contribution in [3.8, 4) is 0 Å². The van der Waals surface area contributed by atoms with Crippen LogP contribution in [-0.4, -0.2) is 22.0 Å². The molecule has 4 aromatic rings. The Bertz CT molecular complexity index is 1200. The van der Waals surface area contributed by atoms with E-state index in [-0.39, 0.29) is 5.91 Å². The smallest absolute Gasteiger partial charge is 0.251 e. The van der Waals surface area contributed by atoms with Crippen LogP contribution in [0.15, 0.2) is 66.7 Å². The van der Waals surface area contributed by atoms with E-state index >= 15 is 0 Å². The van der Waals surface area contributed by atoms with Gasteiger partial charge in [0.2, 0.25) is 0 Å². The summed E-state index contributed by atoms with van der Waals surface area (Å²) in [6.45, 7) is 1.02. The number of benzene rings is 3. The first kappa shape index (κ1) is 20.7. The van der Waals surface area contributed by atoms with Gasteiger partial charge in [0, 0.05) is 33.6 Å². The molecule has 0 aliphatic rings. The highest BCUT2D eigenvalue weighted by Crippen LogP contribution is 2.24. The Morgan fingerprint density at radius 1 is 0.933 bits per heavy atom. The van der Waals surface area contributed by atoms with Crippen LogP contribution in [0.2, 0.25) is 15.1 Å². The summed E-state index contributed by atoms with van der Waals surface area (Å²) in [5, 5.41) is 4.76. The molecule has 0 saturated heterocycles. The number of carbonyl (C=O) groups is 1. The van der Waals surface area contributed by atoms with Crippen LogP contribution in [0, 0.1) is 0 Å². The molecule has 0 aliphatic carbocycles. The Morgan fingerprint density at radius 2 is 1.67 bits per heavy atom. The first-order chi connectivity index (χ1) is 14.5. The lowest BCUT2D eigenvalue weighted by Gasteiger charge is -2.12. The Hall–Kier alpha value is -2.53. The van der Waals surface area contributed by atoms with Gasteiger partial charge < -0.3 is 9.88 Å². The maximum absolute atomic E-state index is 12.4. The number of nitrogens with one attached hydrogen (secondary N) is 1. The van der Waals surface area contributed by atoms with E-state index in [1.807, 2.05) is 36.4 Å². The lowest BCUT2D eigenvalue weighted by atomic mass is 10.2. The minimum absolute atomic E-state index is 0.143. The maximum Gasteiger partial charge on any atom is 0.251 e. The minimum Gasteiger partial charge on any atom is -0.352 e. The molecular formula is C23H18Cl3N3O. The van der Waals surface area contributed by atoms with Crippen LogP contribution < -0.4 is 5.32 Å².